The van der Waals surface area contributed by atoms with Crippen LogP contribution in [-0.4, -0.2) is 34.4 Å². The van der Waals surface area contributed by atoms with Gasteiger partial charge in [0.05, 0.1) is 18.5 Å². The Bertz CT molecular complexity index is 353. The van der Waals surface area contributed by atoms with Crippen molar-refractivity contribution in [2.75, 3.05) is 18.1 Å². The molecule has 0 amide bonds. The van der Waals surface area contributed by atoms with Crippen LogP contribution in [0.15, 0.2) is 18.5 Å². The van der Waals surface area contributed by atoms with E-state index in [0.717, 1.165) is 24.2 Å². The van der Waals surface area contributed by atoms with E-state index in [2.05, 4.69) is 9.88 Å². The summed E-state index contributed by atoms with van der Waals surface area (Å²) in [6.45, 7) is 1.08. The van der Waals surface area contributed by atoms with E-state index in [0.29, 0.717) is 6.04 Å². The standard InChI is InChI=1S/C13H20N2O2/c16-8-2-7-15(12-3-1-4-12)13-9-14-6-5-11(13)10-17/h5-6,9,12,16-17H,1-4,7-8,10H2. The molecule has 0 aromatic carbocycles. The lowest BCUT2D eigenvalue weighted by molar-refractivity contribution is 0.277. The first kappa shape index (κ1) is 12.3. The van der Waals surface area contributed by atoms with Crippen LogP contribution in [0.1, 0.15) is 31.2 Å². The molecular formula is C13H20N2O2. The number of aliphatic hydroxyl groups excluding tert-OH is 2. The molecule has 4 heteroatoms. The fourth-order valence-electron chi connectivity index (χ4n) is 2.25. The summed E-state index contributed by atoms with van der Waals surface area (Å²) in [5, 5.41) is 18.3. The van der Waals surface area contributed by atoms with Crippen LogP contribution in [0.3, 0.4) is 0 Å². The summed E-state index contributed by atoms with van der Waals surface area (Å²) in [4.78, 5) is 6.44. The van der Waals surface area contributed by atoms with E-state index in [1.54, 1.807) is 6.20 Å². The van der Waals surface area contributed by atoms with Crippen LogP contribution in [0.4, 0.5) is 5.69 Å². The first-order chi connectivity index (χ1) is 8.36. The SMILES string of the molecule is OCCCN(c1cnccc1CO)C1CCC1. The van der Waals surface area contributed by atoms with Crippen LogP contribution in [0.25, 0.3) is 0 Å². The Morgan fingerprint density at radius 2 is 2.18 bits per heavy atom. The highest BCUT2D eigenvalue weighted by molar-refractivity contribution is 5.52. The van der Waals surface area contributed by atoms with Gasteiger partial charge in [-0.1, -0.05) is 0 Å². The molecule has 0 bridgehead atoms. The summed E-state index contributed by atoms with van der Waals surface area (Å²) < 4.78 is 0. The lowest BCUT2D eigenvalue weighted by Crippen LogP contribution is -2.41. The molecule has 1 aliphatic rings. The van der Waals surface area contributed by atoms with E-state index in [9.17, 15) is 5.11 Å². The highest BCUT2D eigenvalue weighted by Crippen LogP contribution is 2.31. The molecule has 2 rings (SSSR count). The Labute approximate surface area is 102 Å². The molecule has 1 saturated carbocycles. The molecule has 0 atom stereocenters. The Hall–Kier alpha value is -1.13. The zero-order valence-electron chi connectivity index (χ0n) is 10.0. The first-order valence-electron chi connectivity index (χ1n) is 6.28. The first-order valence-corrected chi connectivity index (χ1v) is 6.28. The van der Waals surface area contributed by atoms with Gasteiger partial charge >= 0.3 is 0 Å². The van der Waals surface area contributed by atoms with Gasteiger partial charge in [-0.15, -0.1) is 0 Å². The van der Waals surface area contributed by atoms with Gasteiger partial charge in [0.15, 0.2) is 0 Å². The summed E-state index contributed by atoms with van der Waals surface area (Å²) >= 11 is 0. The number of aliphatic hydroxyl groups is 2. The lowest BCUT2D eigenvalue weighted by atomic mass is 9.90. The van der Waals surface area contributed by atoms with Crippen molar-refractivity contribution < 1.29 is 10.2 Å². The monoisotopic (exact) mass is 236 g/mol. The molecule has 17 heavy (non-hydrogen) atoms. The van der Waals surface area contributed by atoms with E-state index in [1.165, 1.54) is 19.3 Å². The van der Waals surface area contributed by atoms with Gasteiger partial charge in [0.1, 0.15) is 0 Å². The zero-order chi connectivity index (χ0) is 12.1. The minimum atomic E-state index is 0.0419. The van der Waals surface area contributed by atoms with Crippen LogP contribution in [0.2, 0.25) is 0 Å². The molecule has 1 fully saturated rings. The second-order valence-corrected chi connectivity index (χ2v) is 4.52. The molecule has 1 aromatic rings. The van der Waals surface area contributed by atoms with Gasteiger partial charge in [-0.25, -0.2) is 0 Å². The predicted molar refractivity (Wildman–Crippen MR) is 66.8 cm³/mol. The molecule has 94 valence electrons. The normalized spacial score (nSPS) is 15.6. The predicted octanol–water partition coefficient (Wildman–Crippen LogP) is 1.32. The van der Waals surface area contributed by atoms with Crippen molar-refractivity contribution in [3.63, 3.8) is 0 Å². The Morgan fingerprint density at radius 3 is 2.76 bits per heavy atom. The fourth-order valence-corrected chi connectivity index (χ4v) is 2.25. The smallest absolute Gasteiger partial charge is 0.0703 e. The van der Waals surface area contributed by atoms with Gasteiger partial charge in [0.2, 0.25) is 0 Å². The molecule has 1 aromatic heterocycles. The maximum Gasteiger partial charge on any atom is 0.0703 e. The van der Waals surface area contributed by atoms with E-state index in [4.69, 9.17) is 5.11 Å². The van der Waals surface area contributed by atoms with Crippen molar-refractivity contribution in [3.05, 3.63) is 24.0 Å². The number of hydrogen-bond donors (Lipinski definition) is 2. The van der Waals surface area contributed by atoms with E-state index < -0.39 is 0 Å². The number of anilines is 1. The summed E-state index contributed by atoms with van der Waals surface area (Å²) in [7, 11) is 0. The highest BCUT2D eigenvalue weighted by atomic mass is 16.3. The Balaban J connectivity index is 2.17. The van der Waals surface area contributed by atoms with Crippen molar-refractivity contribution in [3.8, 4) is 0 Å². The van der Waals surface area contributed by atoms with Crippen LogP contribution in [0.5, 0.6) is 0 Å². The van der Waals surface area contributed by atoms with Gasteiger partial charge in [-0.3, -0.25) is 4.98 Å². The van der Waals surface area contributed by atoms with Crippen molar-refractivity contribution in [1.82, 2.24) is 4.98 Å². The number of hydrogen-bond acceptors (Lipinski definition) is 4. The highest BCUT2D eigenvalue weighted by Gasteiger charge is 2.26. The van der Waals surface area contributed by atoms with Crippen LogP contribution < -0.4 is 4.90 Å². The van der Waals surface area contributed by atoms with E-state index in [1.807, 2.05) is 12.3 Å². The fraction of sp³-hybridized carbons (Fsp3) is 0.615. The average molecular weight is 236 g/mol. The van der Waals surface area contributed by atoms with Crippen molar-refractivity contribution in [2.24, 2.45) is 0 Å². The number of aromatic nitrogens is 1. The van der Waals surface area contributed by atoms with Gasteiger partial charge in [-0.05, 0) is 31.7 Å². The van der Waals surface area contributed by atoms with Crippen molar-refractivity contribution >= 4 is 5.69 Å². The molecule has 0 radical (unpaired) electrons. The minimum Gasteiger partial charge on any atom is -0.396 e. The molecule has 4 nitrogen and oxygen atoms in total. The number of pyridine rings is 1. The molecule has 1 aliphatic carbocycles. The second-order valence-electron chi connectivity index (χ2n) is 4.52. The third-order valence-corrected chi connectivity index (χ3v) is 3.44. The Morgan fingerprint density at radius 1 is 1.35 bits per heavy atom. The van der Waals surface area contributed by atoms with E-state index in [-0.39, 0.29) is 13.2 Å². The lowest BCUT2D eigenvalue weighted by Gasteiger charge is -2.40. The molecule has 0 saturated heterocycles. The molecule has 2 N–H and O–H groups in total. The minimum absolute atomic E-state index is 0.0419. The topological polar surface area (TPSA) is 56.6 Å². The van der Waals surface area contributed by atoms with Crippen molar-refractivity contribution in [1.29, 1.82) is 0 Å². The summed E-state index contributed by atoms with van der Waals surface area (Å²) in [6, 6.07) is 2.41. The maximum atomic E-state index is 9.36. The van der Waals surface area contributed by atoms with Crippen LogP contribution >= 0.6 is 0 Å². The van der Waals surface area contributed by atoms with Crippen LogP contribution in [-0.2, 0) is 6.61 Å². The summed E-state index contributed by atoms with van der Waals surface area (Å²) in [5.41, 5.74) is 1.94. The molecule has 1 heterocycles. The maximum absolute atomic E-state index is 9.36. The largest absolute Gasteiger partial charge is 0.396 e. The molecular weight excluding hydrogens is 216 g/mol. The molecule has 0 spiro atoms. The zero-order valence-corrected chi connectivity index (χ0v) is 10.0. The van der Waals surface area contributed by atoms with Gasteiger partial charge in [-0.2, -0.15) is 0 Å². The van der Waals surface area contributed by atoms with Gasteiger partial charge in [0, 0.05) is 31.0 Å². The molecule has 0 unspecified atom stereocenters. The third-order valence-electron chi connectivity index (χ3n) is 3.44. The third kappa shape index (κ3) is 2.76. The van der Waals surface area contributed by atoms with Gasteiger partial charge in [0.25, 0.3) is 0 Å². The van der Waals surface area contributed by atoms with Crippen molar-refractivity contribution in [2.45, 2.75) is 38.3 Å². The average Bonchev–Trinajstić information content (AvgIpc) is 2.32. The van der Waals surface area contributed by atoms with Gasteiger partial charge < -0.3 is 15.1 Å². The summed E-state index contributed by atoms with van der Waals surface area (Å²) in [6.07, 6.45) is 7.96. The summed E-state index contributed by atoms with van der Waals surface area (Å²) in [5.74, 6) is 0. The second kappa shape index (κ2) is 5.98. The molecule has 0 aliphatic heterocycles. The quantitative estimate of drug-likeness (QED) is 0.782. The Kier molecular flexibility index (Phi) is 4.34. The van der Waals surface area contributed by atoms with E-state index >= 15 is 0 Å². The number of rotatable bonds is 6. The van der Waals surface area contributed by atoms with Crippen LogP contribution in [0, 0.1) is 0 Å². The number of nitrogens with zero attached hydrogens (tertiary/aromatic N) is 2.